The van der Waals surface area contributed by atoms with Crippen LogP contribution in [-0.4, -0.2) is 51.1 Å². The van der Waals surface area contributed by atoms with Crippen molar-refractivity contribution >= 4 is 46.0 Å². The summed E-state index contributed by atoms with van der Waals surface area (Å²) >= 11 is 1.09. The number of carbonyl (C=O) groups excluding carboxylic acids is 3. The van der Waals surface area contributed by atoms with Crippen molar-refractivity contribution in [1.29, 1.82) is 0 Å². The number of likely N-dealkylation sites (tertiary alicyclic amines) is 1. The van der Waals surface area contributed by atoms with Gasteiger partial charge < -0.3 is 15.0 Å². The van der Waals surface area contributed by atoms with Crippen LogP contribution in [0.3, 0.4) is 0 Å². The van der Waals surface area contributed by atoms with Crippen LogP contribution in [0.1, 0.15) is 54.7 Å². The first-order valence-electron chi connectivity index (χ1n) is 13.2. The molecule has 204 valence electrons. The largest absolute Gasteiger partial charge is 0.489 e. The van der Waals surface area contributed by atoms with Gasteiger partial charge in [-0.25, -0.2) is 4.99 Å². The summed E-state index contributed by atoms with van der Waals surface area (Å²) in [6, 6.07) is 8.66. The van der Waals surface area contributed by atoms with Crippen LogP contribution >= 0.6 is 11.8 Å². The molecule has 2 atom stereocenters. The highest BCUT2D eigenvalue weighted by molar-refractivity contribution is 8.28. The number of amides is 3. The lowest BCUT2D eigenvalue weighted by Gasteiger charge is -2.23. The molecular weight excluding hydrogens is 512 g/mol. The maximum Gasteiger partial charge on any atom is 0.311 e. The molecule has 1 fully saturated rings. The van der Waals surface area contributed by atoms with Crippen LogP contribution in [0.4, 0.5) is 4.79 Å². The predicted molar refractivity (Wildman–Crippen MR) is 155 cm³/mol. The normalized spacial score (nSPS) is 19.5. The molecule has 4 rings (SSSR count). The zero-order valence-corrected chi connectivity index (χ0v) is 23.4. The fourth-order valence-electron chi connectivity index (χ4n) is 4.78. The number of benzene rings is 1. The second kappa shape index (κ2) is 12.9. The van der Waals surface area contributed by atoms with Crippen LogP contribution in [0.15, 0.2) is 48.0 Å². The number of aromatic nitrogens is 1. The zero-order valence-electron chi connectivity index (χ0n) is 22.6. The molecule has 2 aromatic rings. The molecule has 0 aliphatic carbocycles. The summed E-state index contributed by atoms with van der Waals surface area (Å²) in [5, 5.41) is 5.37. The Morgan fingerprint density at radius 2 is 2.00 bits per heavy atom. The predicted octanol–water partition coefficient (Wildman–Crippen LogP) is 3.75. The minimum Gasteiger partial charge on any atom is -0.489 e. The molecular formula is C30H34N4O4S. The number of carbonyl (C=O) groups is 3. The van der Waals surface area contributed by atoms with Crippen LogP contribution in [0.2, 0.25) is 0 Å². The molecule has 1 aromatic carbocycles. The van der Waals surface area contributed by atoms with Gasteiger partial charge in [-0.15, -0.1) is 0 Å². The van der Waals surface area contributed by atoms with Gasteiger partial charge in [0, 0.05) is 47.5 Å². The second-order valence-corrected chi connectivity index (χ2v) is 10.6. The molecule has 2 aliphatic rings. The summed E-state index contributed by atoms with van der Waals surface area (Å²) in [5.74, 6) is 0.281. The van der Waals surface area contributed by atoms with Crippen molar-refractivity contribution in [2.24, 2.45) is 10.9 Å². The number of aryl methyl sites for hydroxylation is 1. The zero-order chi connectivity index (χ0) is 27.9. The lowest BCUT2D eigenvalue weighted by atomic mass is 10.0. The van der Waals surface area contributed by atoms with Crippen molar-refractivity contribution in [3.63, 3.8) is 0 Å². The van der Waals surface area contributed by atoms with E-state index < -0.39 is 0 Å². The Morgan fingerprint density at radius 3 is 2.64 bits per heavy atom. The number of hydrogen-bond donors (Lipinski definition) is 1. The Labute approximate surface area is 232 Å². The number of nitrogens with zero attached hydrogens (tertiary/aromatic N) is 3. The summed E-state index contributed by atoms with van der Waals surface area (Å²) in [6.45, 7) is 11.0. The van der Waals surface area contributed by atoms with E-state index in [1.807, 2.05) is 39.0 Å². The molecule has 2 unspecified atom stereocenters. The number of rotatable bonds is 10. The van der Waals surface area contributed by atoms with Crippen LogP contribution in [0, 0.1) is 12.8 Å². The molecule has 3 heterocycles. The van der Waals surface area contributed by atoms with Crippen LogP contribution in [0.25, 0.3) is 12.2 Å². The maximum absolute atomic E-state index is 13.1. The number of pyridine rings is 1. The lowest BCUT2D eigenvalue weighted by Crippen LogP contribution is -2.43. The quantitative estimate of drug-likeness (QED) is 0.487. The van der Waals surface area contributed by atoms with Gasteiger partial charge in [0.1, 0.15) is 12.4 Å². The number of ether oxygens (including phenoxy) is 1. The number of nitrogens with one attached hydrogen (secondary N) is 1. The molecule has 0 radical (unpaired) electrons. The molecule has 9 heteroatoms. The Morgan fingerprint density at radius 1 is 1.26 bits per heavy atom. The molecule has 1 aromatic heterocycles. The SMILES string of the molecule is C=C/C=c1/c(COc2ccc(C(=O)NC3CN(C(=O)CCCC)CC3C3=NC(=O)S3)cc2)cc(C)n/c1=C/C. The molecule has 3 amide bonds. The van der Waals surface area contributed by atoms with E-state index in [4.69, 9.17) is 4.74 Å². The van der Waals surface area contributed by atoms with Gasteiger partial charge in [0.15, 0.2) is 0 Å². The van der Waals surface area contributed by atoms with Crippen molar-refractivity contribution in [2.45, 2.75) is 52.7 Å². The van der Waals surface area contributed by atoms with Gasteiger partial charge in [-0.05, 0) is 62.4 Å². The Hall–Kier alpha value is -3.72. The number of allylic oxidation sites excluding steroid dienone is 1. The van der Waals surface area contributed by atoms with Gasteiger partial charge in [0.05, 0.1) is 16.4 Å². The first kappa shape index (κ1) is 28.3. The Balaban J connectivity index is 1.42. The lowest BCUT2D eigenvalue weighted by molar-refractivity contribution is -0.130. The average Bonchev–Trinajstić information content (AvgIpc) is 3.33. The summed E-state index contributed by atoms with van der Waals surface area (Å²) in [4.78, 5) is 47.5. The standard InChI is InChI=1S/C30H34N4O4S/c1-5-8-10-27(35)34-16-24(29-33-30(37)39-29)26(17-34)32-28(36)20-11-13-22(14-12-20)38-18-21-15-19(4)31-25(7-3)23(21)9-6-2/h6-7,9,11-15,24,26H,2,5,8,10,16-18H2,1,3-4H3,(H,32,36)/b23-9-,25-7+. The molecule has 1 saturated heterocycles. The minimum absolute atomic E-state index is 0.0681. The Bertz CT molecular complexity index is 1420. The Kier molecular flexibility index (Phi) is 9.35. The van der Waals surface area contributed by atoms with Crippen LogP contribution in [-0.2, 0) is 11.4 Å². The van der Waals surface area contributed by atoms with Crippen LogP contribution < -0.4 is 20.6 Å². The molecule has 0 bridgehead atoms. The van der Waals surface area contributed by atoms with E-state index >= 15 is 0 Å². The summed E-state index contributed by atoms with van der Waals surface area (Å²) in [6.07, 6.45) is 7.87. The van der Waals surface area contributed by atoms with Gasteiger partial charge in [-0.3, -0.25) is 19.4 Å². The monoisotopic (exact) mass is 546 g/mol. The van der Waals surface area contributed by atoms with Gasteiger partial charge >= 0.3 is 5.24 Å². The summed E-state index contributed by atoms with van der Waals surface area (Å²) < 4.78 is 6.03. The minimum atomic E-state index is -0.308. The third kappa shape index (κ3) is 6.84. The molecule has 0 spiro atoms. The fraction of sp³-hybridized carbons (Fsp3) is 0.367. The highest BCUT2D eigenvalue weighted by Gasteiger charge is 2.42. The van der Waals surface area contributed by atoms with E-state index in [2.05, 4.69) is 21.9 Å². The van der Waals surface area contributed by atoms with E-state index in [0.717, 1.165) is 46.4 Å². The molecule has 1 N–H and O–H groups in total. The van der Waals surface area contributed by atoms with E-state index in [9.17, 15) is 14.4 Å². The highest BCUT2D eigenvalue weighted by atomic mass is 32.2. The second-order valence-electron chi connectivity index (χ2n) is 9.63. The van der Waals surface area contributed by atoms with Crippen molar-refractivity contribution in [1.82, 2.24) is 15.2 Å². The maximum atomic E-state index is 13.1. The van der Waals surface area contributed by atoms with Crippen LogP contribution in [0.5, 0.6) is 5.75 Å². The molecule has 39 heavy (non-hydrogen) atoms. The molecule has 2 aliphatic heterocycles. The van der Waals surface area contributed by atoms with Gasteiger partial charge in [-0.1, -0.05) is 38.2 Å². The third-order valence-electron chi connectivity index (χ3n) is 6.81. The van der Waals surface area contributed by atoms with Gasteiger partial charge in [-0.2, -0.15) is 0 Å². The van der Waals surface area contributed by atoms with Gasteiger partial charge in [0.2, 0.25) is 5.91 Å². The molecule has 0 saturated carbocycles. The smallest absolute Gasteiger partial charge is 0.311 e. The number of thioether (sulfide) groups is 1. The van der Waals surface area contributed by atoms with Crippen molar-refractivity contribution in [3.05, 3.63) is 70.4 Å². The fourth-order valence-corrected chi connectivity index (χ4v) is 5.49. The van der Waals surface area contributed by atoms with E-state index in [1.165, 1.54) is 0 Å². The topological polar surface area (TPSA) is 101 Å². The van der Waals surface area contributed by atoms with Crippen molar-refractivity contribution in [2.75, 3.05) is 13.1 Å². The first-order chi connectivity index (χ1) is 18.8. The number of aliphatic imine (C=N–C) groups is 1. The number of hydrogen-bond acceptors (Lipinski definition) is 6. The van der Waals surface area contributed by atoms with E-state index in [1.54, 1.807) is 35.2 Å². The third-order valence-corrected chi connectivity index (χ3v) is 7.68. The van der Waals surface area contributed by atoms with E-state index in [-0.39, 0.29) is 29.0 Å². The first-order valence-corrected chi connectivity index (χ1v) is 14.0. The highest BCUT2D eigenvalue weighted by Crippen LogP contribution is 2.32. The van der Waals surface area contributed by atoms with Gasteiger partial charge in [0.25, 0.3) is 5.91 Å². The summed E-state index contributed by atoms with van der Waals surface area (Å²) in [7, 11) is 0. The summed E-state index contributed by atoms with van der Waals surface area (Å²) in [5.41, 5.74) is 2.39. The number of unbranched alkanes of at least 4 members (excludes halogenated alkanes) is 1. The molecule has 8 nitrogen and oxygen atoms in total. The average molecular weight is 547 g/mol. The van der Waals surface area contributed by atoms with Crippen molar-refractivity contribution < 1.29 is 19.1 Å². The van der Waals surface area contributed by atoms with Crippen molar-refractivity contribution in [3.8, 4) is 5.75 Å². The van der Waals surface area contributed by atoms with E-state index in [0.29, 0.717) is 42.5 Å².